The zero-order chi connectivity index (χ0) is 13.7. The summed E-state index contributed by atoms with van der Waals surface area (Å²) in [4.78, 5) is 2.60. The topological polar surface area (TPSA) is 29.3 Å². The van der Waals surface area contributed by atoms with E-state index in [1.807, 2.05) is 0 Å². The Balaban J connectivity index is 1.78. The summed E-state index contributed by atoms with van der Waals surface area (Å²) in [5.74, 6) is 0.930. The van der Waals surface area contributed by atoms with Gasteiger partial charge in [-0.1, -0.05) is 37.6 Å². The van der Waals surface area contributed by atoms with Crippen LogP contribution < -0.4 is 5.73 Å². The molecular formula is C17H28N2. The SMILES string of the molecule is CCCC1CCN(CCC(N)c2ccccc2C)C1. The van der Waals surface area contributed by atoms with Crippen LogP contribution in [0.3, 0.4) is 0 Å². The number of nitrogens with zero attached hydrogens (tertiary/aromatic N) is 1. The number of nitrogens with two attached hydrogens (primary N) is 1. The lowest BCUT2D eigenvalue weighted by molar-refractivity contribution is 0.306. The first kappa shape index (κ1) is 14.5. The predicted molar refractivity (Wildman–Crippen MR) is 82.2 cm³/mol. The lowest BCUT2D eigenvalue weighted by Crippen LogP contribution is -2.25. The molecule has 0 saturated carbocycles. The first-order valence-electron chi connectivity index (χ1n) is 7.74. The molecule has 2 nitrogen and oxygen atoms in total. The lowest BCUT2D eigenvalue weighted by atomic mass is 9.99. The summed E-state index contributed by atoms with van der Waals surface area (Å²) in [6, 6.07) is 8.69. The second kappa shape index (κ2) is 7.06. The third kappa shape index (κ3) is 4.05. The van der Waals surface area contributed by atoms with Gasteiger partial charge in [0.05, 0.1) is 0 Å². The van der Waals surface area contributed by atoms with Gasteiger partial charge in [0.2, 0.25) is 0 Å². The van der Waals surface area contributed by atoms with Crippen LogP contribution in [0.4, 0.5) is 0 Å². The van der Waals surface area contributed by atoms with Crippen molar-refractivity contribution in [3.8, 4) is 0 Å². The van der Waals surface area contributed by atoms with Crippen molar-refractivity contribution in [3.63, 3.8) is 0 Å². The second-order valence-electron chi connectivity index (χ2n) is 6.00. The van der Waals surface area contributed by atoms with Crippen LogP contribution in [0, 0.1) is 12.8 Å². The number of likely N-dealkylation sites (tertiary alicyclic amines) is 1. The maximum absolute atomic E-state index is 6.34. The van der Waals surface area contributed by atoms with Crippen molar-refractivity contribution >= 4 is 0 Å². The summed E-state index contributed by atoms with van der Waals surface area (Å²) in [6.45, 7) is 8.15. The summed E-state index contributed by atoms with van der Waals surface area (Å²) >= 11 is 0. The highest BCUT2D eigenvalue weighted by atomic mass is 15.1. The van der Waals surface area contributed by atoms with Gasteiger partial charge in [0, 0.05) is 12.6 Å². The van der Waals surface area contributed by atoms with Gasteiger partial charge in [-0.3, -0.25) is 0 Å². The molecule has 0 spiro atoms. The normalized spacial score (nSPS) is 21.7. The van der Waals surface area contributed by atoms with Crippen molar-refractivity contribution in [1.29, 1.82) is 0 Å². The molecule has 0 aliphatic carbocycles. The van der Waals surface area contributed by atoms with E-state index in [0.717, 1.165) is 18.9 Å². The van der Waals surface area contributed by atoms with Crippen LogP contribution >= 0.6 is 0 Å². The van der Waals surface area contributed by atoms with E-state index < -0.39 is 0 Å². The fourth-order valence-corrected chi connectivity index (χ4v) is 3.24. The minimum atomic E-state index is 0.187. The average Bonchev–Trinajstić information content (AvgIpc) is 2.85. The van der Waals surface area contributed by atoms with Crippen molar-refractivity contribution in [3.05, 3.63) is 35.4 Å². The van der Waals surface area contributed by atoms with Crippen molar-refractivity contribution in [2.24, 2.45) is 11.7 Å². The highest BCUT2D eigenvalue weighted by Crippen LogP contribution is 2.23. The third-order valence-electron chi connectivity index (χ3n) is 4.41. The van der Waals surface area contributed by atoms with Crippen LogP contribution in [0.5, 0.6) is 0 Å². The summed E-state index contributed by atoms with van der Waals surface area (Å²) in [6.07, 6.45) is 5.17. The minimum Gasteiger partial charge on any atom is -0.324 e. The molecule has 0 amide bonds. The maximum atomic E-state index is 6.34. The summed E-state index contributed by atoms with van der Waals surface area (Å²) in [7, 11) is 0. The van der Waals surface area contributed by atoms with E-state index in [0.29, 0.717) is 0 Å². The molecule has 106 valence electrons. The molecule has 2 heteroatoms. The molecule has 2 atom stereocenters. The Labute approximate surface area is 118 Å². The molecule has 1 aliphatic heterocycles. The molecule has 0 radical (unpaired) electrons. The standard InChI is InChI=1S/C17H28N2/c1-3-6-15-9-11-19(13-15)12-10-17(18)16-8-5-4-7-14(16)2/h4-5,7-8,15,17H,3,6,9-13,18H2,1-2H3. The lowest BCUT2D eigenvalue weighted by Gasteiger charge is -2.20. The van der Waals surface area contributed by atoms with Crippen LogP contribution in [0.25, 0.3) is 0 Å². The Bertz CT molecular complexity index is 389. The molecule has 0 aromatic heterocycles. The van der Waals surface area contributed by atoms with Crippen LogP contribution in [0.2, 0.25) is 0 Å². The first-order chi connectivity index (χ1) is 9.20. The highest BCUT2D eigenvalue weighted by Gasteiger charge is 2.21. The zero-order valence-corrected chi connectivity index (χ0v) is 12.4. The van der Waals surface area contributed by atoms with Crippen LogP contribution in [0.15, 0.2) is 24.3 Å². The van der Waals surface area contributed by atoms with E-state index in [9.17, 15) is 0 Å². The largest absolute Gasteiger partial charge is 0.324 e. The molecule has 19 heavy (non-hydrogen) atoms. The molecule has 1 aromatic rings. The number of aryl methyl sites for hydroxylation is 1. The van der Waals surface area contributed by atoms with Gasteiger partial charge in [0.25, 0.3) is 0 Å². The van der Waals surface area contributed by atoms with Crippen molar-refractivity contribution in [2.75, 3.05) is 19.6 Å². The van der Waals surface area contributed by atoms with Gasteiger partial charge in [0.15, 0.2) is 0 Å². The number of hydrogen-bond acceptors (Lipinski definition) is 2. The van der Waals surface area contributed by atoms with E-state index >= 15 is 0 Å². The minimum absolute atomic E-state index is 0.187. The monoisotopic (exact) mass is 260 g/mol. The number of rotatable bonds is 6. The number of benzene rings is 1. The van der Waals surface area contributed by atoms with E-state index in [1.165, 1.54) is 43.5 Å². The van der Waals surface area contributed by atoms with Gasteiger partial charge in [-0.25, -0.2) is 0 Å². The molecule has 1 heterocycles. The van der Waals surface area contributed by atoms with Crippen molar-refractivity contribution < 1.29 is 0 Å². The van der Waals surface area contributed by atoms with Crippen LogP contribution in [-0.2, 0) is 0 Å². The fourth-order valence-electron chi connectivity index (χ4n) is 3.24. The van der Waals surface area contributed by atoms with E-state index in [-0.39, 0.29) is 6.04 Å². The van der Waals surface area contributed by atoms with Crippen molar-refractivity contribution in [1.82, 2.24) is 4.90 Å². The van der Waals surface area contributed by atoms with Crippen LogP contribution in [0.1, 0.15) is 49.8 Å². The first-order valence-corrected chi connectivity index (χ1v) is 7.74. The van der Waals surface area contributed by atoms with Gasteiger partial charge in [-0.15, -0.1) is 0 Å². The van der Waals surface area contributed by atoms with Gasteiger partial charge in [-0.2, -0.15) is 0 Å². The summed E-state index contributed by atoms with van der Waals surface area (Å²) in [5, 5.41) is 0. The summed E-state index contributed by atoms with van der Waals surface area (Å²) in [5.41, 5.74) is 8.97. The Morgan fingerprint density at radius 1 is 1.37 bits per heavy atom. The maximum Gasteiger partial charge on any atom is 0.0309 e. The van der Waals surface area contributed by atoms with Crippen LogP contribution in [-0.4, -0.2) is 24.5 Å². The molecule has 2 unspecified atom stereocenters. The van der Waals surface area contributed by atoms with Gasteiger partial charge in [0.1, 0.15) is 0 Å². The molecule has 2 rings (SSSR count). The zero-order valence-electron chi connectivity index (χ0n) is 12.4. The van der Waals surface area contributed by atoms with E-state index in [4.69, 9.17) is 5.73 Å². The Kier molecular flexibility index (Phi) is 5.41. The molecule has 2 N–H and O–H groups in total. The molecule has 1 aliphatic rings. The highest BCUT2D eigenvalue weighted by molar-refractivity contribution is 5.28. The molecule has 1 aromatic carbocycles. The van der Waals surface area contributed by atoms with E-state index in [2.05, 4.69) is 43.0 Å². The molecule has 1 fully saturated rings. The fraction of sp³-hybridized carbons (Fsp3) is 0.647. The second-order valence-corrected chi connectivity index (χ2v) is 6.00. The quantitative estimate of drug-likeness (QED) is 0.848. The van der Waals surface area contributed by atoms with Gasteiger partial charge in [-0.05, 0) is 56.3 Å². The van der Waals surface area contributed by atoms with Gasteiger partial charge >= 0.3 is 0 Å². The van der Waals surface area contributed by atoms with E-state index in [1.54, 1.807) is 0 Å². The predicted octanol–water partition coefficient (Wildman–Crippen LogP) is 3.51. The average molecular weight is 260 g/mol. The van der Waals surface area contributed by atoms with Crippen molar-refractivity contribution in [2.45, 2.75) is 45.6 Å². The Morgan fingerprint density at radius 2 is 2.16 bits per heavy atom. The number of hydrogen-bond donors (Lipinski definition) is 1. The third-order valence-corrected chi connectivity index (χ3v) is 4.41. The molecular weight excluding hydrogens is 232 g/mol. The Hall–Kier alpha value is -0.860. The van der Waals surface area contributed by atoms with Gasteiger partial charge < -0.3 is 10.6 Å². The molecule has 0 bridgehead atoms. The summed E-state index contributed by atoms with van der Waals surface area (Å²) < 4.78 is 0. The smallest absolute Gasteiger partial charge is 0.0309 e. The Morgan fingerprint density at radius 3 is 2.89 bits per heavy atom. The molecule has 1 saturated heterocycles.